The average molecular weight is 227 g/mol. The smallest absolute Gasteiger partial charge is 0.129 e. The minimum Gasteiger partial charge on any atom is -0.462 e. The van der Waals surface area contributed by atoms with Gasteiger partial charge in [0.05, 0.1) is 12.1 Å². The molecule has 2 N–H and O–H groups in total. The molecule has 0 aliphatic heterocycles. The standard InChI is InChI=1S/C12H21NO3/c1-4-15-12(2,3)9-13-7-10-5-6-11(8-14)16-10/h5-6,13-14H,4,7-9H2,1-3H3. The molecule has 4 nitrogen and oxygen atoms in total. The molecule has 0 atom stereocenters. The molecule has 0 aromatic carbocycles. The average Bonchev–Trinajstić information content (AvgIpc) is 2.65. The molecule has 1 heterocycles. The second-order valence-electron chi connectivity index (χ2n) is 4.32. The maximum absolute atomic E-state index is 8.84. The highest BCUT2D eigenvalue weighted by molar-refractivity contribution is 5.06. The molecule has 4 heteroatoms. The Morgan fingerprint density at radius 1 is 1.38 bits per heavy atom. The lowest BCUT2D eigenvalue weighted by Gasteiger charge is -2.24. The van der Waals surface area contributed by atoms with Crippen molar-refractivity contribution in [3.63, 3.8) is 0 Å². The second-order valence-corrected chi connectivity index (χ2v) is 4.32. The largest absolute Gasteiger partial charge is 0.462 e. The lowest BCUT2D eigenvalue weighted by molar-refractivity contribution is -0.00922. The molecule has 0 aliphatic rings. The van der Waals surface area contributed by atoms with E-state index in [1.807, 2.05) is 26.8 Å². The van der Waals surface area contributed by atoms with Gasteiger partial charge in [0, 0.05) is 13.2 Å². The molecule has 1 rings (SSSR count). The summed E-state index contributed by atoms with van der Waals surface area (Å²) in [6, 6.07) is 3.65. The van der Waals surface area contributed by atoms with Crippen LogP contribution in [0.3, 0.4) is 0 Å². The summed E-state index contributed by atoms with van der Waals surface area (Å²) >= 11 is 0. The summed E-state index contributed by atoms with van der Waals surface area (Å²) in [6.07, 6.45) is 0. The molecular formula is C12H21NO3. The lowest BCUT2D eigenvalue weighted by atomic mass is 10.1. The first-order chi connectivity index (χ1) is 7.57. The zero-order valence-corrected chi connectivity index (χ0v) is 10.2. The van der Waals surface area contributed by atoms with Crippen LogP contribution in [0.2, 0.25) is 0 Å². The quantitative estimate of drug-likeness (QED) is 0.744. The van der Waals surface area contributed by atoms with E-state index < -0.39 is 0 Å². The van der Waals surface area contributed by atoms with Crippen LogP contribution < -0.4 is 5.32 Å². The molecule has 0 unspecified atom stereocenters. The number of hydrogen-bond donors (Lipinski definition) is 2. The number of rotatable bonds is 7. The Balaban J connectivity index is 2.29. The van der Waals surface area contributed by atoms with Gasteiger partial charge in [-0.15, -0.1) is 0 Å². The van der Waals surface area contributed by atoms with Crippen LogP contribution in [0.1, 0.15) is 32.3 Å². The van der Waals surface area contributed by atoms with Gasteiger partial charge in [-0.25, -0.2) is 0 Å². The molecule has 0 amide bonds. The molecule has 16 heavy (non-hydrogen) atoms. The van der Waals surface area contributed by atoms with Gasteiger partial charge in [0.2, 0.25) is 0 Å². The molecule has 0 spiro atoms. The van der Waals surface area contributed by atoms with Crippen LogP contribution >= 0.6 is 0 Å². The fraction of sp³-hybridized carbons (Fsp3) is 0.667. The summed E-state index contributed by atoms with van der Waals surface area (Å²) in [5.74, 6) is 1.43. The molecule has 0 aliphatic carbocycles. The van der Waals surface area contributed by atoms with E-state index in [0.29, 0.717) is 18.9 Å². The first kappa shape index (κ1) is 13.2. The van der Waals surface area contributed by atoms with E-state index in [9.17, 15) is 0 Å². The predicted octanol–water partition coefficient (Wildman–Crippen LogP) is 1.68. The highest BCUT2D eigenvalue weighted by atomic mass is 16.5. The van der Waals surface area contributed by atoms with Gasteiger partial charge < -0.3 is 19.6 Å². The number of nitrogens with one attached hydrogen (secondary N) is 1. The van der Waals surface area contributed by atoms with Gasteiger partial charge in [-0.1, -0.05) is 0 Å². The van der Waals surface area contributed by atoms with Gasteiger partial charge in [-0.2, -0.15) is 0 Å². The van der Waals surface area contributed by atoms with Crippen LogP contribution in [0.5, 0.6) is 0 Å². The van der Waals surface area contributed by atoms with E-state index in [4.69, 9.17) is 14.3 Å². The van der Waals surface area contributed by atoms with E-state index in [1.165, 1.54) is 0 Å². The third-order valence-electron chi connectivity index (χ3n) is 2.26. The van der Waals surface area contributed by atoms with E-state index in [0.717, 1.165) is 12.3 Å². The number of aliphatic hydroxyl groups is 1. The monoisotopic (exact) mass is 227 g/mol. The molecule has 1 aromatic rings. The molecule has 0 saturated heterocycles. The molecular weight excluding hydrogens is 206 g/mol. The molecule has 0 fully saturated rings. The fourth-order valence-corrected chi connectivity index (χ4v) is 1.53. The summed E-state index contributed by atoms with van der Waals surface area (Å²) in [4.78, 5) is 0. The molecule has 0 radical (unpaired) electrons. The summed E-state index contributed by atoms with van der Waals surface area (Å²) in [7, 11) is 0. The third kappa shape index (κ3) is 4.35. The van der Waals surface area contributed by atoms with Crippen molar-refractivity contribution in [2.24, 2.45) is 0 Å². The summed E-state index contributed by atoms with van der Waals surface area (Å²) in [5, 5.41) is 12.1. The van der Waals surface area contributed by atoms with Crippen molar-refractivity contribution in [1.29, 1.82) is 0 Å². The Labute approximate surface area is 96.6 Å². The maximum atomic E-state index is 8.84. The van der Waals surface area contributed by atoms with Crippen LogP contribution in [-0.2, 0) is 17.9 Å². The Morgan fingerprint density at radius 3 is 2.62 bits per heavy atom. The van der Waals surface area contributed by atoms with Crippen LogP contribution in [0, 0.1) is 0 Å². The first-order valence-electron chi connectivity index (χ1n) is 5.60. The Kier molecular flexibility index (Phi) is 4.99. The summed E-state index contributed by atoms with van der Waals surface area (Å²) < 4.78 is 10.9. The minimum absolute atomic E-state index is 0.0512. The van der Waals surface area contributed by atoms with E-state index in [-0.39, 0.29) is 12.2 Å². The van der Waals surface area contributed by atoms with Crippen LogP contribution in [0.25, 0.3) is 0 Å². The van der Waals surface area contributed by atoms with Gasteiger partial charge in [-0.3, -0.25) is 0 Å². The van der Waals surface area contributed by atoms with E-state index in [1.54, 1.807) is 6.07 Å². The third-order valence-corrected chi connectivity index (χ3v) is 2.26. The van der Waals surface area contributed by atoms with Crippen molar-refractivity contribution < 1.29 is 14.3 Å². The predicted molar refractivity (Wildman–Crippen MR) is 62.0 cm³/mol. The first-order valence-corrected chi connectivity index (χ1v) is 5.60. The zero-order valence-electron chi connectivity index (χ0n) is 10.2. The molecule has 92 valence electrons. The number of hydrogen-bond acceptors (Lipinski definition) is 4. The van der Waals surface area contributed by atoms with Crippen LogP contribution in [0.4, 0.5) is 0 Å². The van der Waals surface area contributed by atoms with Crippen molar-refractivity contribution in [1.82, 2.24) is 5.32 Å². The van der Waals surface area contributed by atoms with Gasteiger partial charge in [-0.05, 0) is 32.9 Å². The Bertz CT molecular complexity index is 307. The van der Waals surface area contributed by atoms with Crippen molar-refractivity contribution in [2.75, 3.05) is 13.2 Å². The van der Waals surface area contributed by atoms with Gasteiger partial charge in [0.1, 0.15) is 18.1 Å². The van der Waals surface area contributed by atoms with Crippen molar-refractivity contribution >= 4 is 0 Å². The van der Waals surface area contributed by atoms with Gasteiger partial charge in [0.25, 0.3) is 0 Å². The highest BCUT2D eigenvalue weighted by Crippen LogP contribution is 2.09. The number of aliphatic hydroxyl groups excluding tert-OH is 1. The lowest BCUT2D eigenvalue weighted by Crippen LogP contribution is -2.37. The topological polar surface area (TPSA) is 54.6 Å². The van der Waals surface area contributed by atoms with Crippen LogP contribution in [-0.4, -0.2) is 23.9 Å². The van der Waals surface area contributed by atoms with E-state index >= 15 is 0 Å². The van der Waals surface area contributed by atoms with Crippen molar-refractivity contribution in [3.8, 4) is 0 Å². The van der Waals surface area contributed by atoms with Gasteiger partial charge in [0.15, 0.2) is 0 Å². The molecule has 0 bridgehead atoms. The van der Waals surface area contributed by atoms with Crippen LogP contribution in [0.15, 0.2) is 16.5 Å². The normalized spacial score (nSPS) is 12.0. The highest BCUT2D eigenvalue weighted by Gasteiger charge is 2.16. The second kappa shape index (κ2) is 6.03. The minimum atomic E-state index is -0.166. The zero-order chi connectivity index (χ0) is 12.0. The SMILES string of the molecule is CCOC(C)(C)CNCc1ccc(CO)o1. The Hall–Kier alpha value is -0.840. The van der Waals surface area contributed by atoms with Crippen molar-refractivity contribution in [2.45, 2.75) is 39.5 Å². The fourth-order valence-electron chi connectivity index (χ4n) is 1.53. The summed E-state index contributed by atoms with van der Waals surface area (Å²) in [5.41, 5.74) is -0.166. The number of ether oxygens (including phenoxy) is 1. The Morgan fingerprint density at radius 2 is 2.06 bits per heavy atom. The van der Waals surface area contributed by atoms with Gasteiger partial charge >= 0.3 is 0 Å². The van der Waals surface area contributed by atoms with Crippen molar-refractivity contribution in [3.05, 3.63) is 23.7 Å². The molecule has 1 aromatic heterocycles. The molecule has 0 saturated carbocycles. The van der Waals surface area contributed by atoms with E-state index in [2.05, 4.69) is 5.32 Å². The summed E-state index contributed by atoms with van der Waals surface area (Å²) in [6.45, 7) is 8.15. The number of furan rings is 1. The maximum Gasteiger partial charge on any atom is 0.129 e.